The molecule has 1 heterocycles. The summed E-state index contributed by atoms with van der Waals surface area (Å²) < 4.78 is 27.0. The zero-order chi connectivity index (χ0) is 13.1. The smallest absolute Gasteiger partial charge is 0.169 e. The molecule has 0 saturated carbocycles. The van der Waals surface area contributed by atoms with Crippen LogP contribution in [0.25, 0.3) is 11.3 Å². The Morgan fingerprint density at radius 3 is 2.78 bits per heavy atom. The molecule has 0 aliphatic carbocycles. The number of anilines is 1. The van der Waals surface area contributed by atoms with Gasteiger partial charge in [0.05, 0.1) is 16.3 Å². The van der Waals surface area contributed by atoms with Crippen molar-refractivity contribution >= 4 is 17.3 Å². The van der Waals surface area contributed by atoms with Gasteiger partial charge in [-0.05, 0) is 31.2 Å². The molecule has 94 valence electrons. The Labute approximate surface area is 109 Å². The highest BCUT2D eigenvalue weighted by Gasteiger charge is 2.15. The van der Waals surface area contributed by atoms with Crippen LogP contribution in [0.2, 0.25) is 5.02 Å². The van der Waals surface area contributed by atoms with E-state index in [4.69, 9.17) is 11.6 Å². The molecule has 0 bridgehead atoms. The maximum atomic E-state index is 13.7. The molecule has 0 fully saturated rings. The molecule has 1 aromatic carbocycles. The molecule has 0 saturated heterocycles. The molecule has 0 unspecified atom stereocenters. The lowest BCUT2D eigenvalue weighted by Crippen LogP contribution is -1.98. The number of halogens is 3. The van der Waals surface area contributed by atoms with Gasteiger partial charge in [-0.25, -0.2) is 8.78 Å². The fraction of sp³-hybridized carbons (Fsp3) is 0.154. The van der Waals surface area contributed by atoms with E-state index in [1.165, 1.54) is 12.3 Å². The van der Waals surface area contributed by atoms with Gasteiger partial charge in [-0.2, -0.15) is 0 Å². The molecule has 2 nitrogen and oxygen atoms in total. The van der Waals surface area contributed by atoms with E-state index in [1.807, 2.05) is 6.92 Å². The van der Waals surface area contributed by atoms with E-state index >= 15 is 0 Å². The predicted octanol–water partition coefficient (Wildman–Crippen LogP) is 4.11. The van der Waals surface area contributed by atoms with E-state index in [0.717, 1.165) is 18.3 Å². The highest BCUT2D eigenvalue weighted by molar-refractivity contribution is 6.33. The van der Waals surface area contributed by atoms with Gasteiger partial charge in [-0.15, -0.1) is 0 Å². The van der Waals surface area contributed by atoms with Crippen molar-refractivity contribution in [3.05, 3.63) is 47.1 Å². The molecule has 0 aliphatic heterocycles. The van der Waals surface area contributed by atoms with E-state index in [-0.39, 0.29) is 10.6 Å². The van der Waals surface area contributed by atoms with Crippen molar-refractivity contribution in [3.63, 3.8) is 0 Å². The van der Waals surface area contributed by atoms with Gasteiger partial charge in [0.25, 0.3) is 0 Å². The van der Waals surface area contributed by atoms with Gasteiger partial charge in [-0.3, -0.25) is 4.98 Å². The highest BCUT2D eigenvalue weighted by Crippen LogP contribution is 2.31. The van der Waals surface area contributed by atoms with Crippen LogP contribution in [0.5, 0.6) is 0 Å². The SMILES string of the molecule is CCNc1ccnc(-c2c(Cl)ccc(F)c2F)c1. The summed E-state index contributed by atoms with van der Waals surface area (Å²) in [6.45, 7) is 2.67. The summed E-state index contributed by atoms with van der Waals surface area (Å²) in [6.07, 6.45) is 1.52. The van der Waals surface area contributed by atoms with Crippen molar-refractivity contribution in [1.82, 2.24) is 4.98 Å². The third-order valence-corrected chi connectivity index (χ3v) is 2.76. The van der Waals surface area contributed by atoms with Crippen LogP contribution in [-0.4, -0.2) is 11.5 Å². The fourth-order valence-corrected chi connectivity index (χ4v) is 1.89. The normalized spacial score (nSPS) is 10.4. The molecule has 0 atom stereocenters. The second kappa shape index (κ2) is 5.31. The Balaban J connectivity index is 2.55. The van der Waals surface area contributed by atoms with Crippen LogP contribution in [-0.2, 0) is 0 Å². The molecule has 0 radical (unpaired) electrons. The summed E-state index contributed by atoms with van der Waals surface area (Å²) in [5.41, 5.74) is 1.06. The van der Waals surface area contributed by atoms with Gasteiger partial charge >= 0.3 is 0 Å². The van der Waals surface area contributed by atoms with Crippen molar-refractivity contribution in [1.29, 1.82) is 0 Å². The third kappa shape index (κ3) is 2.43. The summed E-state index contributed by atoms with van der Waals surface area (Å²) in [6, 6.07) is 5.69. The minimum absolute atomic E-state index is 0.0172. The zero-order valence-corrected chi connectivity index (χ0v) is 10.4. The topological polar surface area (TPSA) is 24.9 Å². The predicted molar refractivity (Wildman–Crippen MR) is 68.8 cm³/mol. The molecule has 0 spiro atoms. The Morgan fingerprint density at radius 2 is 2.06 bits per heavy atom. The van der Waals surface area contributed by atoms with Crippen LogP contribution in [0.15, 0.2) is 30.5 Å². The van der Waals surface area contributed by atoms with E-state index < -0.39 is 11.6 Å². The zero-order valence-electron chi connectivity index (χ0n) is 9.67. The molecule has 1 N–H and O–H groups in total. The molecule has 18 heavy (non-hydrogen) atoms. The molecule has 0 aliphatic rings. The van der Waals surface area contributed by atoms with Crippen molar-refractivity contribution in [3.8, 4) is 11.3 Å². The fourth-order valence-electron chi connectivity index (χ4n) is 1.64. The monoisotopic (exact) mass is 268 g/mol. The van der Waals surface area contributed by atoms with Crippen molar-refractivity contribution < 1.29 is 8.78 Å². The van der Waals surface area contributed by atoms with Crippen LogP contribution in [0.3, 0.4) is 0 Å². The van der Waals surface area contributed by atoms with Gasteiger partial charge in [0, 0.05) is 18.4 Å². The molecule has 2 aromatic rings. The quantitative estimate of drug-likeness (QED) is 0.848. The lowest BCUT2D eigenvalue weighted by atomic mass is 10.1. The summed E-state index contributed by atoms with van der Waals surface area (Å²) in [5, 5.41) is 3.21. The standard InChI is InChI=1S/C13H11ClF2N2/c1-2-17-8-5-6-18-11(7-8)12-9(14)3-4-10(15)13(12)16/h3-7H,2H2,1H3,(H,17,18). The number of pyridine rings is 1. The Bertz CT molecular complexity index is 573. The summed E-state index contributed by atoms with van der Waals surface area (Å²) in [5.74, 6) is -1.92. The van der Waals surface area contributed by atoms with E-state index in [2.05, 4.69) is 10.3 Å². The first kappa shape index (κ1) is 12.8. The summed E-state index contributed by atoms with van der Waals surface area (Å²) >= 11 is 5.90. The second-order valence-corrected chi connectivity index (χ2v) is 4.09. The van der Waals surface area contributed by atoms with E-state index in [1.54, 1.807) is 12.1 Å². The molecule has 0 amide bonds. The largest absolute Gasteiger partial charge is 0.385 e. The molecule has 2 rings (SSSR count). The van der Waals surface area contributed by atoms with Crippen LogP contribution < -0.4 is 5.32 Å². The second-order valence-electron chi connectivity index (χ2n) is 3.68. The Kier molecular flexibility index (Phi) is 3.77. The third-order valence-electron chi connectivity index (χ3n) is 2.44. The first-order chi connectivity index (χ1) is 8.63. The first-order valence-electron chi connectivity index (χ1n) is 5.47. The van der Waals surface area contributed by atoms with E-state index in [0.29, 0.717) is 5.69 Å². The average molecular weight is 269 g/mol. The number of rotatable bonds is 3. The molecule has 1 aromatic heterocycles. The molecule has 5 heteroatoms. The minimum atomic E-state index is -0.983. The van der Waals surface area contributed by atoms with Crippen LogP contribution in [0.4, 0.5) is 14.5 Å². The summed E-state index contributed by atoms with van der Waals surface area (Å²) in [4.78, 5) is 4.02. The lowest BCUT2D eigenvalue weighted by Gasteiger charge is -2.08. The lowest BCUT2D eigenvalue weighted by molar-refractivity contribution is 0.511. The van der Waals surface area contributed by atoms with Crippen LogP contribution in [0, 0.1) is 11.6 Å². The van der Waals surface area contributed by atoms with Crippen molar-refractivity contribution in [2.75, 3.05) is 11.9 Å². The van der Waals surface area contributed by atoms with Gasteiger partial charge < -0.3 is 5.32 Å². The number of aromatic nitrogens is 1. The maximum absolute atomic E-state index is 13.7. The van der Waals surface area contributed by atoms with Gasteiger partial charge in [0.1, 0.15) is 0 Å². The average Bonchev–Trinajstić information content (AvgIpc) is 2.35. The summed E-state index contributed by atoms with van der Waals surface area (Å²) in [7, 11) is 0. The Morgan fingerprint density at radius 1 is 1.28 bits per heavy atom. The van der Waals surface area contributed by atoms with Crippen molar-refractivity contribution in [2.24, 2.45) is 0 Å². The van der Waals surface area contributed by atoms with Gasteiger partial charge in [0.15, 0.2) is 11.6 Å². The number of nitrogens with one attached hydrogen (secondary N) is 1. The van der Waals surface area contributed by atoms with E-state index in [9.17, 15) is 8.78 Å². The number of benzene rings is 1. The van der Waals surface area contributed by atoms with Crippen LogP contribution >= 0.6 is 11.6 Å². The number of hydrogen-bond donors (Lipinski definition) is 1. The number of nitrogens with zero attached hydrogens (tertiary/aromatic N) is 1. The highest BCUT2D eigenvalue weighted by atomic mass is 35.5. The first-order valence-corrected chi connectivity index (χ1v) is 5.85. The molecular formula is C13H11ClF2N2. The van der Waals surface area contributed by atoms with Crippen LogP contribution in [0.1, 0.15) is 6.92 Å². The minimum Gasteiger partial charge on any atom is -0.385 e. The Hall–Kier alpha value is -1.68. The van der Waals surface area contributed by atoms with Gasteiger partial charge in [-0.1, -0.05) is 11.6 Å². The van der Waals surface area contributed by atoms with Gasteiger partial charge in [0.2, 0.25) is 0 Å². The molecular weight excluding hydrogens is 258 g/mol. The van der Waals surface area contributed by atoms with Crippen molar-refractivity contribution in [2.45, 2.75) is 6.92 Å². The number of hydrogen-bond acceptors (Lipinski definition) is 2. The maximum Gasteiger partial charge on any atom is 0.169 e.